The number of carbonyl (C=O) groups is 2. The Morgan fingerprint density at radius 1 is 1.22 bits per heavy atom. The Labute approximate surface area is 211 Å². The van der Waals surface area contributed by atoms with Gasteiger partial charge >= 0.3 is 22.1 Å². The van der Waals surface area contributed by atoms with Crippen molar-refractivity contribution in [1.82, 2.24) is 0 Å². The van der Waals surface area contributed by atoms with Crippen molar-refractivity contribution in [3.63, 3.8) is 0 Å². The van der Waals surface area contributed by atoms with Crippen LogP contribution in [-0.4, -0.2) is 27.5 Å². The quantitative estimate of drug-likeness (QED) is 0.273. The summed E-state index contributed by atoms with van der Waals surface area (Å²) in [6, 6.07) is 6.32. The van der Waals surface area contributed by atoms with Gasteiger partial charge in [0, 0.05) is 11.1 Å². The number of cyclic esters (lactones) is 1. The van der Waals surface area contributed by atoms with E-state index in [-0.39, 0.29) is 34.7 Å². The molecule has 7 nitrogen and oxygen atoms in total. The second-order valence-corrected chi connectivity index (χ2v) is 10.7. The van der Waals surface area contributed by atoms with Gasteiger partial charge in [-0.25, -0.2) is 4.79 Å². The van der Waals surface area contributed by atoms with Crippen LogP contribution in [0, 0.1) is 19.8 Å². The van der Waals surface area contributed by atoms with E-state index in [4.69, 9.17) is 13.7 Å². The van der Waals surface area contributed by atoms with Gasteiger partial charge in [0.05, 0.1) is 13.5 Å². The van der Waals surface area contributed by atoms with Crippen LogP contribution in [0.15, 0.2) is 47.4 Å². The molecule has 1 aliphatic carbocycles. The molecule has 0 N–H and O–H groups in total. The summed E-state index contributed by atoms with van der Waals surface area (Å²) in [7, 11) is -2.85. The predicted octanol–water partition coefficient (Wildman–Crippen LogP) is 5.22. The molecule has 0 bridgehead atoms. The number of ether oxygens (including phenoxy) is 2. The van der Waals surface area contributed by atoms with Crippen molar-refractivity contribution >= 4 is 28.1 Å². The monoisotopic (exact) mass is 510 g/mol. The van der Waals surface area contributed by atoms with Gasteiger partial charge in [-0.3, -0.25) is 4.79 Å². The van der Waals surface area contributed by atoms with Crippen LogP contribution in [0.1, 0.15) is 63.9 Å². The zero-order chi connectivity index (χ0) is 26.0. The number of allylic oxidation sites excluding steroid dienone is 2. The van der Waals surface area contributed by atoms with Crippen molar-refractivity contribution in [3.05, 3.63) is 75.9 Å². The first-order valence-electron chi connectivity index (χ1n) is 11.9. The number of fused-ring (bicyclic) bond motifs is 1. The highest BCUT2D eigenvalue weighted by molar-refractivity contribution is 7.87. The van der Waals surface area contributed by atoms with E-state index in [2.05, 4.69) is 6.58 Å². The van der Waals surface area contributed by atoms with Crippen LogP contribution in [0.3, 0.4) is 0 Å². The van der Waals surface area contributed by atoms with Crippen molar-refractivity contribution in [2.24, 2.45) is 5.92 Å². The molecule has 1 unspecified atom stereocenters. The van der Waals surface area contributed by atoms with Gasteiger partial charge in [0.1, 0.15) is 17.1 Å². The number of methoxy groups -OCH3 is 1. The largest absolute Gasteiger partial charge is 0.469 e. The molecule has 1 saturated carbocycles. The van der Waals surface area contributed by atoms with E-state index >= 15 is 0 Å². The number of benzene rings is 2. The van der Waals surface area contributed by atoms with Crippen molar-refractivity contribution < 1.29 is 31.7 Å². The van der Waals surface area contributed by atoms with Crippen molar-refractivity contribution in [3.8, 4) is 5.75 Å². The molecule has 0 radical (unpaired) electrons. The molecule has 0 spiro atoms. The maximum Gasteiger partial charge on any atom is 0.342 e. The Bertz CT molecular complexity index is 1350. The number of aryl methyl sites for hydroxylation is 1. The highest BCUT2D eigenvalue weighted by Crippen LogP contribution is 2.41. The molecule has 1 atom stereocenters. The minimum atomic E-state index is -4.23. The summed E-state index contributed by atoms with van der Waals surface area (Å²) in [6.45, 7) is 7.70. The van der Waals surface area contributed by atoms with Crippen LogP contribution < -0.4 is 4.18 Å². The number of carbonyl (C=O) groups excluding carboxylic acids is 2. The standard InChI is InChI=1S/C28H30O7S/c1-5-22-18(3)24-16-34-28(30)26(24)27(35-36(31,32)21-12-9-17(2)10-13-21)23(22)14-11-19-7-6-8-20(19)15-25(29)33-4/h5,9-13,20H,1,6-8,14-16H2,2-4H3. The smallest absolute Gasteiger partial charge is 0.342 e. The molecule has 2 aromatic carbocycles. The third-order valence-electron chi connectivity index (χ3n) is 6.99. The first kappa shape index (κ1) is 25.7. The average molecular weight is 511 g/mol. The molecule has 2 aromatic rings. The van der Waals surface area contributed by atoms with E-state index in [9.17, 15) is 18.0 Å². The van der Waals surface area contributed by atoms with Gasteiger partial charge < -0.3 is 13.7 Å². The Balaban J connectivity index is 1.81. The molecule has 1 heterocycles. The molecule has 8 heteroatoms. The van der Waals surface area contributed by atoms with Gasteiger partial charge in [0.25, 0.3) is 0 Å². The van der Waals surface area contributed by atoms with Crippen LogP contribution in [0.2, 0.25) is 0 Å². The lowest BCUT2D eigenvalue weighted by atomic mass is 9.89. The van der Waals surface area contributed by atoms with Gasteiger partial charge in [-0.05, 0) is 68.7 Å². The topological polar surface area (TPSA) is 96.0 Å². The first-order chi connectivity index (χ1) is 17.2. The highest BCUT2D eigenvalue weighted by Gasteiger charge is 2.34. The summed E-state index contributed by atoms with van der Waals surface area (Å²) in [5.41, 5.74) is 4.82. The fraction of sp³-hybridized carbons (Fsp3) is 0.357. The van der Waals surface area contributed by atoms with Gasteiger partial charge in [0.2, 0.25) is 0 Å². The molecule has 0 amide bonds. The lowest BCUT2D eigenvalue weighted by molar-refractivity contribution is -0.141. The molecule has 1 aliphatic heterocycles. The fourth-order valence-electron chi connectivity index (χ4n) is 4.99. The van der Waals surface area contributed by atoms with Crippen molar-refractivity contribution in [2.75, 3.05) is 7.11 Å². The zero-order valence-electron chi connectivity index (χ0n) is 20.8. The van der Waals surface area contributed by atoms with Gasteiger partial charge in [-0.2, -0.15) is 8.42 Å². The van der Waals surface area contributed by atoms with E-state index in [1.54, 1.807) is 18.2 Å². The maximum atomic E-state index is 13.3. The van der Waals surface area contributed by atoms with Crippen LogP contribution in [0.5, 0.6) is 5.75 Å². The van der Waals surface area contributed by atoms with Gasteiger partial charge in [-0.1, -0.05) is 42.0 Å². The molecular formula is C28H30O7S. The minimum absolute atomic E-state index is 0.00724. The van der Waals surface area contributed by atoms with Crippen LogP contribution >= 0.6 is 0 Å². The van der Waals surface area contributed by atoms with Gasteiger partial charge in [0.15, 0.2) is 5.75 Å². The molecule has 2 aliphatic rings. The van der Waals surface area contributed by atoms with Gasteiger partial charge in [-0.15, -0.1) is 0 Å². The summed E-state index contributed by atoms with van der Waals surface area (Å²) in [4.78, 5) is 24.6. The number of hydrogen-bond acceptors (Lipinski definition) is 7. The summed E-state index contributed by atoms with van der Waals surface area (Å²) in [6.07, 6.45) is 6.97. The summed E-state index contributed by atoms with van der Waals surface area (Å²) >= 11 is 0. The minimum Gasteiger partial charge on any atom is -0.469 e. The maximum absolute atomic E-state index is 13.3. The third kappa shape index (κ3) is 4.95. The van der Waals surface area contributed by atoms with E-state index in [0.717, 1.165) is 36.0 Å². The number of hydrogen-bond donors (Lipinski definition) is 0. The molecular weight excluding hydrogens is 480 g/mol. The van der Waals surface area contributed by atoms with E-state index in [1.807, 2.05) is 19.9 Å². The first-order valence-corrected chi connectivity index (χ1v) is 13.3. The lowest BCUT2D eigenvalue weighted by Crippen LogP contribution is -2.15. The van der Waals surface area contributed by atoms with Crippen LogP contribution in [-0.2, 0) is 37.4 Å². The SMILES string of the molecule is C=Cc1c(C)c2c(c(OS(=O)(=O)c3ccc(C)cc3)c1CC=C1CCCC1CC(=O)OC)C(=O)OC2. The van der Waals surface area contributed by atoms with Crippen LogP contribution in [0.25, 0.3) is 6.08 Å². The Hall–Kier alpha value is -3.39. The summed E-state index contributed by atoms with van der Waals surface area (Å²) in [5.74, 6) is -0.821. The molecule has 0 saturated heterocycles. The Morgan fingerprint density at radius 2 is 1.94 bits per heavy atom. The zero-order valence-corrected chi connectivity index (χ0v) is 21.6. The Kier molecular flexibility index (Phi) is 7.36. The molecule has 36 heavy (non-hydrogen) atoms. The normalized spacial score (nSPS) is 18.1. The van der Waals surface area contributed by atoms with E-state index in [0.29, 0.717) is 29.5 Å². The lowest BCUT2D eigenvalue weighted by Gasteiger charge is -2.19. The van der Waals surface area contributed by atoms with Crippen molar-refractivity contribution in [2.45, 2.75) is 57.5 Å². The second-order valence-electron chi connectivity index (χ2n) is 9.18. The average Bonchev–Trinajstić information content (AvgIpc) is 3.46. The molecule has 0 aromatic heterocycles. The number of esters is 2. The highest BCUT2D eigenvalue weighted by atomic mass is 32.2. The molecule has 1 fully saturated rings. The van der Waals surface area contributed by atoms with E-state index < -0.39 is 16.1 Å². The third-order valence-corrected chi connectivity index (χ3v) is 8.23. The molecule has 4 rings (SSSR count). The fourth-order valence-corrected chi connectivity index (χ4v) is 5.96. The second kappa shape index (κ2) is 10.3. The predicted molar refractivity (Wildman–Crippen MR) is 135 cm³/mol. The van der Waals surface area contributed by atoms with E-state index in [1.165, 1.54) is 19.2 Å². The van der Waals surface area contributed by atoms with Crippen molar-refractivity contribution in [1.29, 1.82) is 0 Å². The summed E-state index contributed by atoms with van der Waals surface area (Å²) < 4.78 is 42.3. The van der Waals surface area contributed by atoms with Crippen LogP contribution in [0.4, 0.5) is 0 Å². The Morgan fingerprint density at radius 3 is 2.61 bits per heavy atom. The summed E-state index contributed by atoms with van der Waals surface area (Å²) in [5, 5.41) is 0. The molecule has 190 valence electrons. The number of rotatable bonds is 8.